The van der Waals surface area contributed by atoms with E-state index in [1.807, 2.05) is 0 Å². The van der Waals surface area contributed by atoms with Gasteiger partial charge in [-0.1, -0.05) is 0 Å². The van der Waals surface area contributed by atoms with E-state index in [4.69, 9.17) is 9.84 Å². The summed E-state index contributed by atoms with van der Waals surface area (Å²) in [5.74, 6) is -0.651. The highest BCUT2D eigenvalue weighted by molar-refractivity contribution is 5.79. The third-order valence-electron chi connectivity index (χ3n) is 3.83. The van der Waals surface area contributed by atoms with Crippen molar-refractivity contribution < 1.29 is 19.4 Å². The fourth-order valence-electron chi connectivity index (χ4n) is 2.85. The lowest BCUT2D eigenvalue weighted by atomic mass is 9.91. The first-order valence-electron chi connectivity index (χ1n) is 6.92. The molecule has 0 aliphatic carbocycles. The quantitative estimate of drug-likeness (QED) is 0.759. The molecule has 0 radical (unpaired) electrons. The third kappa shape index (κ3) is 3.91. The summed E-state index contributed by atoms with van der Waals surface area (Å²) in [5, 5.41) is 12.1. The molecule has 6 heteroatoms. The monoisotopic (exact) mass is 270 g/mol. The molecule has 2 saturated heterocycles. The van der Waals surface area contributed by atoms with E-state index in [0.717, 1.165) is 19.4 Å². The Morgan fingerprint density at radius 3 is 2.95 bits per heavy atom. The van der Waals surface area contributed by atoms with Crippen molar-refractivity contribution in [2.24, 2.45) is 5.92 Å². The van der Waals surface area contributed by atoms with Crippen LogP contribution in [0.15, 0.2) is 0 Å². The number of nitrogens with one attached hydrogen (secondary N) is 1. The van der Waals surface area contributed by atoms with Crippen molar-refractivity contribution in [2.45, 2.75) is 38.3 Å². The summed E-state index contributed by atoms with van der Waals surface area (Å²) in [6.07, 6.45) is 1.32. The standard InChI is InChI=1S/C13H22N2O4/c1-9-6-10(2-3-14-9)13(18)15-4-5-19-11(8-15)7-12(16)17/h9-11,14H,2-8H2,1H3,(H,16,17). The van der Waals surface area contributed by atoms with Gasteiger partial charge in [0.15, 0.2) is 0 Å². The van der Waals surface area contributed by atoms with Crippen molar-refractivity contribution in [3.05, 3.63) is 0 Å². The van der Waals surface area contributed by atoms with Crippen LogP contribution in [-0.4, -0.2) is 60.3 Å². The van der Waals surface area contributed by atoms with Gasteiger partial charge in [0.1, 0.15) is 0 Å². The molecule has 3 unspecified atom stereocenters. The summed E-state index contributed by atoms with van der Waals surface area (Å²) >= 11 is 0. The molecule has 2 aliphatic rings. The molecule has 2 aliphatic heterocycles. The van der Waals surface area contributed by atoms with Gasteiger partial charge < -0.3 is 20.1 Å². The van der Waals surface area contributed by atoms with Gasteiger partial charge in [-0.3, -0.25) is 9.59 Å². The van der Waals surface area contributed by atoms with Crippen LogP contribution in [-0.2, 0) is 14.3 Å². The number of nitrogens with zero attached hydrogens (tertiary/aromatic N) is 1. The minimum absolute atomic E-state index is 0.0353. The molecule has 2 fully saturated rings. The first-order chi connectivity index (χ1) is 9.06. The number of carboxylic acids is 1. The Labute approximate surface area is 113 Å². The summed E-state index contributed by atoms with van der Waals surface area (Å²) in [6.45, 7) is 4.38. The Balaban J connectivity index is 1.89. The molecule has 0 spiro atoms. The molecule has 2 N–H and O–H groups in total. The highest BCUT2D eigenvalue weighted by atomic mass is 16.5. The predicted octanol–water partition coefficient (Wildman–Crippen LogP) is 0.0766. The van der Waals surface area contributed by atoms with Gasteiger partial charge in [0.25, 0.3) is 0 Å². The smallest absolute Gasteiger partial charge is 0.306 e. The summed E-state index contributed by atoms with van der Waals surface area (Å²) < 4.78 is 5.39. The second-order valence-electron chi connectivity index (χ2n) is 5.45. The van der Waals surface area contributed by atoms with Gasteiger partial charge in [0.2, 0.25) is 5.91 Å². The molecule has 6 nitrogen and oxygen atoms in total. The fourth-order valence-corrected chi connectivity index (χ4v) is 2.85. The van der Waals surface area contributed by atoms with Crippen LogP contribution in [0.3, 0.4) is 0 Å². The van der Waals surface area contributed by atoms with E-state index in [-0.39, 0.29) is 24.3 Å². The number of carbonyl (C=O) groups excluding carboxylic acids is 1. The van der Waals surface area contributed by atoms with Crippen molar-refractivity contribution in [2.75, 3.05) is 26.2 Å². The number of hydrogen-bond acceptors (Lipinski definition) is 4. The Kier molecular flexibility index (Phi) is 4.76. The highest BCUT2D eigenvalue weighted by Crippen LogP contribution is 2.20. The number of carbonyl (C=O) groups is 2. The number of ether oxygens (including phenoxy) is 1. The topological polar surface area (TPSA) is 78.9 Å². The van der Waals surface area contributed by atoms with E-state index < -0.39 is 5.97 Å². The molecule has 0 bridgehead atoms. The molecule has 0 aromatic rings. The SMILES string of the molecule is CC1CC(C(=O)N2CCOC(CC(=O)O)C2)CCN1. The number of amides is 1. The van der Waals surface area contributed by atoms with Gasteiger partial charge in [0.05, 0.1) is 19.1 Å². The van der Waals surface area contributed by atoms with E-state index in [9.17, 15) is 9.59 Å². The Hall–Kier alpha value is -1.14. The van der Waals surface area contributed by atoms with Gasteiger partial charge >= 0.3 is 5.97 Å². The van der Waals surface area contributed by atoms with E-state index in [1.165, 1.54) is 0 Å². The van der Waals surface area contributed by atoms with E-state index in [2.05, 4.69) is 12.2 Å². The lowest BCUT2D eigenvalue weighted by Gasteiger charge is -2.36. The molecule has 0 saturated carbocycles. The number of carboxylic acid groups (broad SMARTS) is 1. The van der Waals surface area contributed by atoms with Crippen LogP contribution in [0.2, 0.25) is 0 Å². The molecule has 3 atom stereocenters. The number of piperidine rings is 1. The Morgan fingerprint density at radius 2 is 2.26 bits per heavy atom. The number of hydrogen-bond donors (Lipinski definition) is 2. The van der Waals surface area contributed by atoms with Crippen molar-refractivity contribution in [3.63, 3.8) is 0 Å². The molecule has 1 amide bonds. The average Bonchev–Trinajstić information content (AvgIpc) is 2.37. The molecule has 2 heterocycles. The molecular formula is C13H22N2O4. The summed E-state index contributed by atoms with van der Waals surface area (Å²) in [5.41, 5.74) is 0. The van der Waals surface area contributed by atoms with Crippen LogP contribution in [0, 0.1) is 5.92 Å². The normalized spacial score (nSPS) is 32.1. The molecule has 19 heavy (non-hydrogen) atoms. The zero-order valence-corrected chi connectivity index (χ0v) is 11.3. The summed E-state index contributed by atoms with van der Waals surface area (Å²) in [6, 6.07) is 0.374. The summed E-state index contributed by atoms with van der Waals surface area (Å²) in [7, 11) is 0. The van der Waals surface area contributed by atoms with Crippen LogP contribution in [0.5, 0.6) is 0 Å². The van der Waals surface area contributed by atoms with Crippen molar-refractivity contribution in [1.29, 1.82) is 0 Å². The van der Waals surface area contributed by atoms with Crippen LogP contribution < -0.4 is 5.32 Å². The number of morpholine rings is 1. The lowest BCUT2D eigenvalue weighted by molar-refractivity contribution is -0.150. The predicted molar refractivity (Wildman–Crippen MR) is 68.8 cm³/mol. The van der Waals surface area contributed by atoms with Gasteiger partial charge in [-0.05, 0) is 26.3 Å². The largest absolute Gasteiger partial charge is 0.481 e. The maximum Gasteiger partial charge on any atom is 0.306 e. The Bertz CT molecular complexity index is 348. The minimum atomic E-state index is -0.880. The van der Waals surface area contributed by atoms with Crippen LogP contribution in [0.4, 0.5) is 0 Å². The molecule has 108 valence electrons. The van der Waals surface area contributed by atoms with Gasteiger partial charge in [-0.15, -0.1) is 0 Å². The molecular weight excluding hydrogens is 248 g/mol. The average molecular weight is 270 g/mol. The lowest BCUT2D eigenvalue weighted by Crippen LogP contribution is -2.50. The zero-order chi connectivity index (χ0) is 13.8. The first kappa shape index (κ1) is 14.3. The van der Waals surface area contributed by atoms with Gasteiger partial charge in [-0.2, -0.15) is 0 Å². The number of aliphatic carboxylic acids is 1. The van der Waals surface area contributed by atoms with Gasteiger partial charge in [0, 0.05) is 25.0 Å². The minimum Gasteiger partial charge on any atom is -0.481 e. The highest BCUT2D eigenvalue weighted by Gasteiger charge is 2.32. The summed E-state index contributed by atoms with van der Waals surface area (Å²) in [4.78, 5) is 24.9. The van der Waals surface area contributed by atoms with Crippen LogP contribution >= 0.6 is 0 Å². The fraction of sp³-hybridized carbons (Fsp3) is 0.846. The van der Waals surface area contributed by atoms with Crippen molar-refractivity contribution in [3.8, 4) is 0 Å². The van der Waals surface area contributed by atoms with Crippen molar-refractivity contribution >= 4 is 11.9 Å². The van der Waals surface area contributed by atoms with E-state index >= 15 is 0 Å². The van der Waals surface area contributed by atoms with E-state index in [1.54, 1.807) is 4.90 Å². The van der Waals surface area contributed by atoms with Crippen LogP contribution in [0.25, 0.3) is 0 Å². The molecule has 0 aromatic carbocycles. The maximum absolute atomic E-state index is 12.4. The maximum atomic E-state index is 12.4. The second kappa shape index (κ2) is 6.34. The van der Waals surface area contributed by atoms with Gasteiger partial charge in [-0.25, -0.2) is 0 Å². The zero-order valence-electron chi connectivity index (χ0n) is 11.3. The molecule has 2 rings (SSSR count). The van der Waals surface area contributed by atoms with Crippen LogP contribution in [0.1, 0.15) is 26.2 Å². The number of rotatable bonds is 3. The third-order valence-corrected chi connectivity index (χ3v) is 3.83. The molecule has 0 aromatic heterocycles. The van der Waals surface area contributed by atoms with Crippen molar-refractivity contribution in [1.82, 2.24) is 10.2 Å². The first-order valence-corrected chi connectivity index (χ1v) is 6.92. The van der Waals surface area contributed by atoms with E-state index in [0.29, 0.717) is 25.7 Å². The Morgan fingerprint density at radius 1 is 1.47 bits per heavy atom. The second-order valence-corrected chi connectivity index (χ2v) is 5.45.